The molecule has 0 aliphatic heterocycles. The van der Waals surface area contributed by atoms with E-state index in [4.69, 9.17) is 0 Å². The topological polar surface area (TPSA) is 54.2 Å². The molecule has 126 valence electrons. The number of nitrogens with one attached hydrogen (secondary N) is 2. The molecule has 1 aromatic heterocycles. The molecular formula is C17H26IN5. The number of aromatic nitrogens is 2. The summed E-state index contributed by atoms with van der Waals surface area (Å²) in [6, 6.07) is 10.2. The van der Waals surface area contributed by atoms with E-state index < -0.39 is 0 Å². The van der Waals surface area contributed by atoms with Crippen LogP contribution in [0.15, 0.2) is 47.7 Å². The van der Waals surface area contributed by atoms with Gasteiger partial charge in [0.15, 0.2) is 5.96 Å². The predicted molar refractivity (Wildman–Crippen MR) is 107 cm³/mol. The van der Waals surface area contributed by atoms with Gasteiger partial charge in [-0.1, -0.05) is 12.1 Å². The lowest BCUT2D eigenvalue weighted by molar-refractivity contribution is 0.501. The summed E-state index contributed by atoms with van der Waals surface area (Å²) in [5, 5.41) is 10.9. The number of nitrogens with zero attached hydrogens (tertiary/aromatic N) is 3. The minimum Gasteiger partial charge on any atom is -0.357 e. The summed E-state index contributed by atoms with van der Waals surface area (Å²) in [6.45, 7) is 9.91. The van der Waals surface area contributed by atoms with Crippen molar-refractivity contribution in [2.45, 2.75) is 39.8 Å². The molecule has 0 spiro atoms. The van der Waals surface area contributed by atoms with Gasteiger partial charge in [0.2, 0.25) is 0 Å². The van der Waals surface area contributed by atoms with Gasteiger partial charge in [0.1, 0.15) is 0 Å². The number of rotatable bonds is 4. The molecule has 1 heterocycles. The van der Waals surface area contributed by atoms with Crippen LogP contribution in [-0.2, 0) is 6.54 Å². The third-order valence-electron chi connectivity index (χ3n) is 2.94. The lowest BCUT2D eigenvalue weighted by Crippen LogP contribution is -2.47. The Labute approximate surface area is 155 Å². The van der Waals surface area contributed by atoms with Crippen molar-refractivity contribution in [3.63, 3.8) is 0 Å². The van der Waals surface area contributed by atoms with Crippen molar-refractivity contribution in [2.75, 3.05) is 6.54 Å². The Balaban J connectivity index is 0.00000264. The van der Waals surface area contributed by atoms with E-state index in [2.05, 4.69) is 60.6 Å². The first-order valence-electron chi connectivity index (χ1n) is 7.63. The number of hydrogen-bond donors (Lipinski definition) is 2. The van der Waals surface area contributed by atoms with E-state index in [1.165, 1.54) is 0 Å². The average Bonchev–Trinajstić information content (AvgIpc) is 2.98. The highest BCUT2D eigenvalue weighted by Gasteiger charge is 2.11. The Hall–Kier alpha value is -1.57. The van der Waals surface area contributed by atoms with Crippen molar-refractivity contribution in [1.29, 1.82) is 0 Å². The Morgan fingerprint density at radius 2 is 2.04 bits per heavy atom. The molecule has 0 unspecified atom stereocenters. The number of hydrogen-bond acceptors (Lipinski definition) is 2. The first kappa shape index (κ1) is 19.5. The summed E-state index contributed by atoms with van der Waals surface area (Å²) >= 11 is 0. The molecule has 2 rings (SSSR count). The fraction of sp³-hybridized carbons (Fsp3) is 0.412. The quantitative estimate of drug-likeness (QED) is 0.447. The minimum absolute atomic E-state index is 0. The predicted octanol–water partition coefficient (Wildman–Crippen LogP) is 3.34. The van der Waals surface area contributed by atoms with Crippen LogP contribution in [0.5, 0.6) is 0 Å². The van der Waals surface area contributed by atoms with Gasteiger partial charge in [-0.3, -0.25) is 0 Å². The lowest BCUT2D eigenvalue weighted by Gasteiger charge is -2.23. The molecular weight excluding hydrogens is 401 g/mol. The maximum atomic E-state index is 4.66. The fourth-order valence-electron chi connectivity index (χ4n) is 2.05. The van der Waals surface area contributed by atoms with E-state index in [-0.39, 0.29) is 29.5 Å². The van der Waals surface area contributed by atoms with Crippen LogP contribution in [0.1, 0.15) is 33.3 Å². The fourth-order valence-corrected chi connectivity index (χ4v) is 2.05. The summed E-state index contributed by atoms with van der Waals surface area (Å²) in [4.78, 5) is 4.66. The van der Waals surface area contributed by atoms with Gasteiger partial charge >= 0.3 is 0 Å². The molecule has 0 saturated heterocycles. The second kappa shape index (κ2) is 8.90. The van der Waals surface area contributed by atoms with E-state index in [0.29, 0.717) is 6.54 Å². The summed E-state index contributed by atoms with van der Waals surface area (Å²) in [5.41, 5.74) is 2.18. The Morgan fingerprint density at radius 3 is 2.65 bits per heavy atom. The first-order chi connectivity index (χ1) is 10.5. The van der Waals surface area contributed by atoms with Crippen LogP contribution in [-0.4, -0.2) is 27.8 Å². The van der Waals surface area contributed by atoms with Gasteiger partial charge in [-0.25, -0.2) is 9.67 Å². The largest absolute Gasteiger partial charge is 0.357 e. The highest BCUT2D eigenvalue weighted by molar-refractivity contribution is 14.0. The van der Waals surface area contributed by atoms with Crippen LogP contribution in [0.4, 0.5) is 0 Å². The van der Waals surface area contributed by atoms with Gasteiger partial charge in [-0.15, -0.1) is 24.0 Å². The van der Waals surface area contributed by atoms with Crippen molar-refractivity contribution in [3.05, 3.63) is 48.3 Å². The monoisotopic (exact) mass is 427 g/mol. The highest BCUT2D eigenvalue weighted by atomic mass is 127. The number of benzene rings is 1. The highest BCUT2D eigenvalue weighted by Crippen LogP contribution is 2.10. The van der Waals surface area contributed by atoms with Crippen LogP contribution < -0.4 is 10.6 Å². The SMILES string of the molecule is CCNC(=NCc1cccc(-n2cccn2)c1)NC(C)(C)C.I. The van der Waals surface area contributed by atoms with Crippen molar-refractivity contribution in [1.82, 2.24) is 20.4 Å². The number of aliphatic imine (C=N–C) groups is 1. The van der Waals surface area contributed by atoms with Crippen LogP contribution in [0.25, 0.3) is 5.69 Å². The molecule has 2 N–H and O–H groups in total. The second-order valence-corrected chi connectivity index (χ2v) is 6.19. The smallest absolute Gasteiger partial charge is 0.191 e. The minimum atomic E-state index is -0.0160. The summed E-state index contributed by atoms with van der Waals surface area (Å²) in [6.07, 6.45) is 3.72. The molecule has 0 bridgehead atoms. The molecule has 0 saturated carbocycles. The molecule has 0 aliphatic carbocycles. The summed E-state index contributed by atoms with van der Waals surface area (Å²) in [5.74, 6) is 0.833. The zero-order valence-corrected chi connectivity index (χ0v) is 16.5. The van der Waals surface area contributed by atoms with E-state index in [1.807, 2.05) is 29.1 Å². The molecule has 0 radical (unpaired) electrons. The van der Waals surface area contributed by atoms with Gasteiger partial charge in [-0.05, 0) is 51.5 Å². The molecule has 2 aromatic rings. The Kier molecular flexibility index (Phi) is 7.54. The van der Waals surface area contributed by atoms with Crippen molar-refractivity contribution in [3.8, 4) is 5.69 Å². The zero-order valence-electron chi connectivity index (χ0n) is 14.2. The molecule has 0 amide bonds. The van der Waals surface area contributed by atoms with Gasteiger partial charge in [-0.2, -0.15) is 5.10 Å². The number of guanidine groups is 1. The first-order valence-corrected chi connectivity index (χ1v) is 7.63. The number of halogens is 1. The van der Waals surface area contributed by atoms with Crippen molar-refractivity contribution in [2.24, 2.45) is 4.99 Å². The van der Waals surface area contributed by atoms with Gasteiger partial charge < -0.3 is 10.6 Å². The normalized spacial score (nSPS) is 11.7. The Morgan fingerprint density at radius 1 is 1.26 bits per heavy atom. The summed E-state index contributed by atoms with van der Waals surface area (Å²) < 4.78 is 1.85. The van der Waals surface area contributed by atoms with Crippen molar-refractivity contribution >= 4 is 29.9 Å². The average molecular weight is 427 g/mol. The third kappa shape index (κ3) is 6.60. The van der Waals surface area contributed by atoms with E-state index in [0.717, 1.165) is 23.8 Å². The molecule has 1 aromatic carbocycles. The molecule has 0 atom stereocenters. The van der Waals surface area contributed by atoms with Crippen molar-refractivity contribution < 1.29 is 0 Å². The van der Waals surface area contributed by atoms with Crippen LogP contribution in [0.3, 0.4) is 0 Å². The van der Waals surface area contributed by atoms with E-state index in [9.17, 15) is 0 Å². The van der Waals surface area contributed by atoms with Crippen LogP contribution >= 0.6 is 24.0 Å². The van der Waals surface area contributed by atoms with E-state index in [1.54, 1.807) is 6.20 Å². The molecule has 6 heteroatoms. The maximum absolute atomic E-state index is 4.66. The molecule has 0 aliphatic rings. The van der Waals surface area contributed by atoms with E-state index >= 15 is 0 Å². The van der Waals surface area contributed by atoms with Crippen LogP contribution in [0.2, 0.25) is 0 Å². The Bertz CT molecular complexity index is 614. The van der Waals surface area contributed by atoms with Gasteiger partial charge in [0, 0.05) is 24.5 Å². The standard InChI is InChI=1S/C17H25N5.HI/c1-5-18-16(21-17(2,3)4)19-13-14-8-6-9-15(12-14)22-11-7-10-20-22;/h6-12H,5,13H2,1-4H3,(H2,18,19,21);1H. The van der Waals surface area contributed by atoms with Crippen LogP contribution in [0, 0.1) is 0 Å². The lowest BCUT2D eigenvalue weighted by atomic mass is 10.1. The summed E-state index contributed by atoms with van der Waals surface area (Å²) in [7, 11) is 0. The molecule has 0 fully saturated rings. The zero-order chi connectivity index (χ0) is 16.0. The molecule has 5 nitrogen and oxygen atoms in total. The van der Waals surface area contributed by atoms with Gasteiger partial charge in [0.25, 0.3) is 0 Å². The molecule has 23 heavy (non-hydrogen) atoms. The van der Waals surface area contributed by atoms with Gasteiger partial charge in [0.05, 0.1) is 12.2 Å². The maximum Gasteiger partial charge on any atom is 0.191 e. The third-order valence-corrected chi connectivity index (χ3v) is 2.94. The second-order valence-electron chi connectivity index (χ2n) is 6.19.